The van der Waals surface area contributed by atoms with E-state index in [0.717, 1.165) is 32.4 Å². The molecule has 1 aliphatic heterocycles. The van der Waals surface area contributed by atoms with Crippen LogP contribution in [0.3, 0.4) is 0 Å². The van der Waals surface area contributed by atoms with Gasteiger partial charge in [0.15, 0.2) is 0 Å². The highest BCUT2D eigenvalue weighted by molar-refractivity contribution is 5.76. The van der Waals surface area contributed by atoms with Crippen molar-refractivity contribution in [1.82, 2.24) is 10.6 Å². The molecule has 0 radical (unpaired) electrons. The zero-order valence-corrected chi connectivity index (χ0v) is 12.9. The Kier molecular flexibility index (Phi) is 6.70. The third kappa shape index (κ3) is 6.27. The molecular formula is C17H26N2O2. The van der Waals surface area contributed by atoms with Gasteiger partial charge in [0.05, 0.1) is 12.7 Å². The lowest BCUT2D eigenvalue weighted by Gasteiger charge is -2.22. The number of carbonyl (C=O) groups is 1. The number of amides is 1. The largest absolute Gasteiger partial charge is 0.376 e. The highest BCUT2D eigenvalue weighted by Crippen LogP contribution is 2.07. The van der Waals surface area contributed by atoms with Gasteiger partial charge < -0.3 is 15.4 Å². The lowest BCUT2D eigenvalue weighted by molar-refractivity contribution is -0.121. The maximum absolute atomic E-state index is 11.8. The van der Waals surface area contributed by atoms with Crippen molar-refractivity contribution in [2.24, 2.45) is 0 Å². The summed E-state index contributed by atoms with van der Waals surface area (Å²) < 4.78 is 5.76. The number of carbonyl (C=O) groups excluding carboxylic acids is 1. The number of nitrogens with one attached hydrogen (secondary N) is 2. The monoisotopic (exact) mass is 290 g/mol. The summed E-state index contributed by atoms with van der Waals surface area (Å²) in [7, 11) is 0. The summed E-state index contributed by atoms with van der Waals surface area (Å²) >= 11 is 0. The van der Waals surface area contributed by atoms with E-state index in [1.54, 1.807) is 0 Å². The summed E-state index contributed by atoms with van der Waals surface area (Å²) in [4.78, 5) is 11.8. The van der Waals surface area contributed by atoms with Gasteiger partial charge in [0.2, 0.25) is 5.91 Å². The number of rotatable bonds is 7. The molecule has 1 saturated heterocycles. The fraction of sp³-hybridized carbons (Fsp3) is 0.588. The highest BCUT2D eigenvalue weighted by atomic mass is 16.5. The molecule has 4 nitrogen and oxygen atoms in total. The fourth-order valence-corrected chi connectivity index (χ4v) is 2.59. The van der Waals surface area contributed by atoms with E-state index in [2.05, 4.69) is 35.8 Å². The molecule has 0 bridgehead atoms. The van der Waals surface area contributed by atoms with Crippen LogP contribution in [-0.2, 0) is 16.0 Å². The molecule has 0 saturated carbocycles. The van der Waals surface area contributed by atoms with Crippen LogP contribution < -0.4 is 10.6 Å². The van der Waals surface area contributed by atoms with Gasteiger partial charge >= 0.3 is 0 Å². The summed E-state index contributed by atoms with van der Waals surface area (Å²) in [5, 5.41) is 6.24. The SMILES string of the molecule is Cc1cccc(CCC(=O)NCCOC2CCNCC2)c1. The van der Waals surface area contributed by atoms with Crippen LogP contribution >= 0.6 is 0 Å². The van der Waals surface area contributed by atoms with E-state index >= 15 is 0 Å². The second kappa shape index (κ2) is 8.80. The second-order valence-electron chi connectivity index (χ2n) is 5.66. The van der Waals surface area contributed by atoms with Crippen LogP contribution in [0.1, 0.15) is 30.4 Å². The van der Waals surface area contributed by atoms with Crippen LogP contribution in [0.4, 0.5) is 0 Å². The summed E-state index contributed by atoms with van der Waals surface area (Å²) in [6.45, 7) is 5.36. The second-order valence-corrected chi connectivity index (χ2v) is 5.66. The summed E-state index contributed by atoms with van der Waals surface area (Å²) in [5.41, 5.74) is 2.46. The molecule has 1 heterocycles. The maximum Gasteiger partial charge on any atom is 0.220 e. The first-order valence-corrected chi connectivity index (χ1v) is 7.88. The Bertz CT molecular complexity index is 442. The number of ether oxygens (including phenoxy) is 1. The highest BCUT2D eigenvalue weighted by Gasteiger charge is 2.12. The first kappa shape index (κ1) is 16.0. The van der Waals surface area contributed by atoms with Crippen molar-refractivity contribution in [3.8, 4) is 0 Å². The maximum atomic E-state index is 11.8. The standard InChI is InChI=1S/C17H26N2O2/c1-14-3-2-4-15(13-14)5-6-17(20)19-11-12-21-16-7-9-18-10-8-16/h2-4,13,16,18H,5-12H2,1H3,(H,19,20). The smallest absolute Gasteiger partial charge is 0.220 e. The van der Waals surface area contributed by atoms with Crippen LogP contribution in [0.2, 0.25) is 0 Å². The Morgan fingerprint density at radius 1 is 1.38 bits per heavy atom. The number of piperidine rings is 1. The molecule has 0 atom stereocenters. The third-order valence-corrected chi connectivity index (χ3v) is 3.79. The molecule has 0 aliphatic carbocycles. The molecule has 21 heavy (non-hydrogen) atoms. The average Bonchev–Trinajstić information content (AvgIpc) is 2.51. The minimum atomic E-state index is 0.102. The van der Waals surface area contributed by atoms with Gasteiger partial charge in [-0.15, -0.1) is 0 Å². The Labute approximate surface area is 127 Å². The molecule has 0 aromatic heterocycles. The van der Waals surface area contributed by atoms with Crippen molar-refractivity contribution in [2.75, 3.05) is 26.2 Å². The Balaban J connectivity index is 1.55. The van der Waals surface area contributed by atoms with Gasteiger partial charge in [-0.25, -0.2) is 0 Å². The van der Waals surface area contributed by atoms with Gasteiger partial charge in [-0.2, -0.15) is 0 Å². The van der Waals surface area contributed by atoms with Crippen molar-refractivity contribution in [3.05, 3.63) is 35.4 Å². The molecule has 2 rings (SSSR count). The number of benzene rings is 1. The summed E-state index contributed by atoms with van der Waals surface area (Å²) in [6.07, 6.45) is 3.83. The lowest BCUT2D eigenvalue weighted by Crippen LogP contribution is -2.34. The first-order valence-electron chi connectivity index (χ1n) is 7.88. The molecule has 4 heteroatoms. The van der Waals surface area contributed by atoms with Gasteiger partial charge in [-0.3, -0.25) is 4.79 Å². The van der Waals surface area contributed by atoms with Crippen molar-refractivity contribution in [3.63, 3.8) is 0 Å². The molecule has 1 aliphatic rings. The quantitative estimate of drug-likeness (QED) is 0.753. The summed E-state index contributed by atoms with van der Waals surface area (Å²) in [6, 6.07) is 8.31. The van der Waals surface area contributed by atoms with Crippen LogP contribution in [0, 0.1) is 6.92 Å². The molecule has 1 aromatic carbocycles. The topological polar surface area (TPSA) is 50.4 Å². The Hall–Kier alpha value is -1.39. The van der Waals surface area contributed by atoms with Crippen molar-refractivity contribution in [1.29, 1.82) is 0 Å². The minimum Gasteiger partial charge on any atom is -0.376 e. The average molecular weight is 290 g/mol. The van der Waals surface area contributed by atoms with Crippen molar-refractivity contribution in [2.45, 2.75) is 38.7 Å². The predicted molar refractivity (Wildman–Crippen MR) is 84.4 cm³/mol. The molecule has 1 fully saturated rings. The number of hydrogen-bond donors (Lipinski definition) is 2. The Morgan fingerprint density at radius 3 is 2.95 bits per heavy atom. The van der Waals surface area contributed by atoms with Gasteiger partial charge in [0.1, 0.15) is 0 Å². The zero-order chi connectivity index (χ0) is 14.9. The lowest BCUT2D eigenvalue weighted by atomic mass is 10.1. The molecule has 1 amide bonds. The van der Waals surface area contributed by atoms with E-state index in [9.17, 15) is 4.79 Å². The number of aryl methyl sites for hydroxylation is 2. The molecule has 0 unspecified atom stereocenters. The van der Waals surface area contributed by atoms with E-state index in [-0.39, 0.29) is 5.91 Å². The van der Waals surface area contributed by atoms with E-state index in [1.807, 2.05) is 6.07 Å². The van der Waals surface area contributed by atoms with Gasteiger partial charge in [-0.05, 0) is 44.8 Å². The summed E-state index contributed by atoms with van der Waals surface area (Å²) in [5.74, 6) is 0.102. The molecule has 116 valence electrons. The molecule has 2 N–H and O–H groups in total. The van der Waals surface area contributed by atoms with Crippen LogP contribution in [0.25, 0.3) is 0 Å². The van der Waals surface area contributed by atoms with Gasteiger partial charge in [0, 0.05) is 13.0 Å². The normalized spacial score (nSPS) is 15.9. The molecule has 0 spiro atoms. The molecule has 1 aromatic rings. The van der Waals surface area contributed by atoms with E-state index in [0.29, 0.717) is 25.7 Å². The molecular weight excluding hydrogens is 264 g/mol. The van der Waals surface area contributed by atoms with Gasteiger partial charge in [-0.1, -0.05) is 29.8 Å². The third-order valence-electron chi connectivity index (χ3n) is 3.79. The van der Waals surface area contributed by atoms with Crippen molar-refractivity contribution < 1.29 is 9.53 Å². The van der Waals surface area contributed by atoms with Crippen molar-refractivity contribution >= 4 is 5.91 Å². The predicted octanol–water partition coefficient (Wildman–Crippen LogP) is 1.81. The van der Waals surface area contributed by atoms with E-state index < -0.39 is 0 Å². The van der Waals surface area contributed by atoms with Crippen LogP contribution in [0.5, 0.6) is 0 Å². The number of hydrogen-bond acceptors (Lipinski definition) is 3. The van der Waals surface area contributed by atoms with Crippen LogP contribution in [0.15, 0.2) is 24.3 Å². The van der Waals surface area contributed by atoms with Crippen LogP contribution in [-0.4, -0.2) is 38.3 Å². The minimum absolute atomic E-state index is 0.102. The zero-order valence-electron chi connectivity index (χ0n) is 12.9. The Morgan fingerprint density at radius 2 is 2.19 bits per heavy atom. The van der Waals surface area contributed by atoms with E-state index in [1.165, 1.54) is 11.1 Å². The van der Waals surface area contributed by atoms with E-state index in [4.69, 9.17) is 4.74 Å². The fourth-order valence-electron chi connectivity index (χ4n) is 2.59. The van der Waals surface area contributed by atoms with Gasteiger partial charge in [0.25, 0.3) is 0 Å². The first-order chi connectivity index (χ1) is 10.2.